The van der Waals surface area contributed by atoms with Gasteiger partial charge in [-0.15, -0.1) is 12.4 Å². The third-order valence-corrected chi connectivity index (χ3v) is 1.39. The number of aliphatic carboxylic acids is 1. The van der Waals surface area contributed by atoms with Crippen molar-refractivity contribution in [2.24, 2.45) is 0 Å². The van der Waals surface area contributed by atoms with Gasteiger partial charge in [-0.2, -0.15) is 0 Å². The molecule has 0 bridgehead atoms. The number of carboxylic acids is 1. The summed E-state index contributed by atoms with van der Waals surface area (Å²) in [4.78, 5) is 10.1. The quantitative estimate of drug-likeness (QED) is 0.807. The summed E-state index contributed by atoms with van der Waals surface area (Å²) < 4.78 is 25.4. The normalized spacial score (nSPS) is 9.08. The molecule has 0 heterocycles. The maximum Gasteiger partial charge on any atom is 0.308 e. The lowest BCUT2D eigenvalue weighted by Gasteiger charge is -1.99. The lowest BCUT2D eigenvalue weighted by atomic mass is 10.1. The summed E-state index contributed by atoms with van der Waals surface area (Å²) in [6.07, 6.45) is -0.626. The van der Waals surface area contributed by atoms with Crippen LogP contribution in [0.25, 0.3) is 0 Å². The van der Waals surface area contributed by atoms with Gasteiger partial charge < -0.3 is 5.11 Å². The van der Waals surface area contributed by atoms with Crippen LogP contribution in [0.4, 0.5) is 8.78 Å². The molecule has 2 nitrogen and oxygen atoms in total. The van der Waals surface area contributed by atoms with Gasteiger partial charge in [0.2, 0.25) is 0 Å². The van der Waals surface area contributed by atoms with Crippen LogP contribution < -0.4 is 0 Å². The van der Waals surface area contributed by atoms with E-state index in [0.29, 0.717) is 0 Å². The molecule has 1 rings (SSSR count). The molecule has 0 aliphatic carbocycles. The molecule has 0 unspecified atom stereocenters. The van der Waals surface area contributed by atoms with Gasteiger partial charge in [0.05, 0.1) is 6.42 Å². The SMILES string of the molecule is Cl.O=C(O)Cc1c(F)cccc1F. The van der Waals surface area contributed by atoms with Crippen molar-refractivity contribution < 1.29 is 18.7 Å². The fourth-order valence-electron chi connectivity index (χ4n) is 0.852. The molecule has 13 heavy (non-hydrogen) atoms. The monoisotopic (exact) mass is 208 g/mol. The fraction of sp³-hybridized carbons (Fsp3) is 0.125. The standard InChI is InChI=1S/C8H6F2O2.ClH/c9-6-2-1-3-7(10)5(6)4-8(11)12;/h1-3H,4H2,(H,11,12);1H. The van der Waals surface area contributed by atoms with Crippen molar-refractivity contribution in [3.63, 3.8) is 0 Å². The van der Waals surface area contributed by atoms with Crippen LogP contribution in [0.15, 0.2) is 18.2 Å². The van der Waals surface area contributed by atoms with Crippen LogP contribution in [0.1, 0.15) is 5.56 Å². The number of rotatable bonds is 2. The van der Waals surface area contributed by atoms with Gasteiger partial charge in [-0.3, -0.25) is 4.79 Å². The molecule has 0 radical (unpaired) electrons. The summed E-state index contributed by atoms with van der Waals surface area (Å²) in [6.45, 7) is 0. The zero-order chi connectivity index (χ0) is 9.14. The van der Waals surface area contributed by atoms with Crippen LogP contribution in [-0.4, -0.2) is 11.1 Å². The summed E-state index contributed by atoms with van der Waals surface area (Å²) >= 11 is 0. The Bertz CT molecular complexity index is 295. The van der Waals surface area contributed by atoms with Gasteiger partial charge in [0.25, 0.3) is 0 Å². The zero-order valence-corrected chi connectivity index (χ0v) is 7.28. The van der Waals surface area contributed by atoms with Gasteiger partial charge in [0.15, 0.2) is 0 Å². The van der Waals surface area contributed by atoms with Gasteiger partial charge in [0.1, 0.15) is 11.6 Å². The molecule has 0 saturated heterocycles. The third kappa shape index (κ3) is 2.99. The highest BCUT2D eigenvalue weighted by Gasteiger charge is 2.11. The highest BCUT2D eigenvalue weighted by Crippen LogP contribution is 2.12. The Hall–Kier alpha value is -1.16. The summed E-state index contributed by atoms with van der Waals surface area (Å²) in [5, 5.41) is 8.28. The topological polar surface area (TPSA) is 37.3 Å². The van der Waals surface area contributed by atoms with Crippen LogP contribution in [-0.2, 0) is 11.2 Å². The Morgan fingerprint density at radius 3 is 2.15 bits per heavy atom. The fourth-order valence-corrected chi connectivity index (χ4v) is 0.852. The molecule has 1 aromatic carbocycles. The highest BCUT2D eigenvalue weighted by molar-refractivity contribution is 5.85. The lowest BCUT2D eigenvalue weighted by Crippen LogP contribution is -2.04. The second kappa shape index (κ2) is 4.77. The summed E-state index contributed by atoms with van der Waals surface area (Å²) in [5.74, 6) is -2.89. The van der Waals surface area contributed by atoms with Crippen LogP contribution >= 0.6 is 12.4 Å². The Balaban J connectivity index is 0.00000144. The number of hydrogen-bond acceptors (Lipinski definition) is 1. The minimum absolute atomic E-state index is 0. The van der Waals surface area contributed by atoms with Gasteiger partial charge in [-0.25, -0.2) is 8.78 Å². The van der Waals surface area contributed by atoms with E-state index >= 15 is 0 Å². The number of halogens is 3. The van der Waals surface area contributed by atoms with Crippen LogP contribution in [0.3, 0.4) is 0 Å². The molecule has 0 aliphatic heterocycles. The largest absolute Gasteiger partial charge is 0.481 e. The maximum absolute atomic E-state index is 12.7. The van der Waals surface area contributed by atoms with Crippen molar-refractivity contribution in [2.75, 3.05) is 0 Å². The van der Waals surface area contributed by atoms with E-state index in [1.165, 1.54) is 6.07 Å². The molecule has 0 amide bonds. The molecular weight excluding hydrogens is 202 g/mol. The summed E-state index contributed by atoms with van der Waals surface area (Å²) in [6, 6.07) is 3.25. The van der Waals surface area contributed by atoms with Crippen molar-refractivity contribution in [1.29, 1.82) is 0 Å². The first-order chi connectivity index (χ1) is 5.61. The summed E-state index contributed by atoms with van der Waals surface area (Å²) in [5.41, 5.74) is -0.398. The van der Waals surface area contributed by atoms with Crippen molar-refractivity contribution in [2.45, 2.75) is 6.42 Å². The van der Waals surface area contributed by atoms with Gasteiger partial charge in [0, 0.05) is 5.56 Å². The minimum atomic E-state index is -1.25. The predicted molar refractivity (Wildman–Crippen MR) is 44.9 cm³/mol. The lowest BCUT2D eigenvalue weighted by molar-refractivity contribution is -0.136. The molecule has 0 spiro atoms. The average Bonchev–Trinajstić information content (AvgIpc) is 1.97. The second-order valence-corrected chi connectivity index (χ2v) is 2.27. The molecular formula is C8H7ClF2O2. The molecule has 72 valence electrons. The first-order valence-corrected chi connectivity index (χ1v) is 3.26. The Morgan fingerprint density at radius 1 is 1.31 bits per heavy atom. The van der Waals surface area contributed by atoms with E-state index in [0.717, 1.165) is 12.1 Å². The van der Waals surface area contributed by atoms with Crippen molar-refractivity contribution in [1.82, 2.24) is 0 Å². The first kappa shape index (κ1) is 11.8. The molecule has 0 aliphatic rings. The molecule has 0 atom stereocenters. The first-order valence-electron chi connectivity index (χ1n) is 3.26. The van der Waals surface area contributed by atoms with E-state index in [1.54, 1.807) is 0 Å². The molecule has 5 heteroatoms. The van der Waals surface area contributed by atoms with E-state index in [1.807, 2.05) is 0 Å². The zero-order valence-electron chi connectivity index (χ0n) is 6.46. The van der Waals surface area contributed by atoms with Crippen LogP contribution in [0.2, 0.25) is 0 Å². The van der Waals surface area contributed by atoms with Crippen molar-refractivity contribution in [3.8, 4) is 0 Å². The third-order valence-electron chi connectivity index (χ3n) is 1.39. The molecule has 1 aromatic rings. The maximum atomic E-state index is 12.7. The predicted octanol–water partition coefficient (Wildman–Crippen LogP) is 2.01. The van der Waals surface area contributed by atoms with E-state index < -0.39 is 29.6 Å². The Kier molecular flexibility index (Phi) is 4.34. The molecule has 0 saturated carbocycles. The van der Waals surface area contributed by atoms with Gasteiger partial charge in [-0.05, 0) is 12.1 Å². The van der Waals surface area contributed by atoms with Crippen molar-refractivity contribution >= 4 is 18.4 Å². The Labute approximate surface area is 79.6 Å². The second-order valence-electron chi connectivity index (χ2n) is 2.27. The van der Waals surface area contributed by atoms with E-state index in [-0.39, 0.29) is 12.4 Å². The van der Waals surface area contributed by atoms with E-state index in [9.17, 15) is 13.6 Å². The Morgan fingerprint density at radius 2 is 1.77 bits per heavy atom. The van der Waals surface area contributed by atoms with Crippen LogP contribution in [0, 0.1) is 11.6 Å². The van der Waals surface area contributed by atoms with Crippen LogP contribution in [0.5, 0.6) is 0 Å². The van der Waals surface area contributed by atoms with E-state index in [2.05, 4.69) is 0 Å². The molecule has 0 aromatic heterocycles. The van der Waals surface area contributed by atoms with Gasteiger partial charge in [-0.1, -0.05) is 6.07 Å². The minimum Gasteiger partial charge on any atom is -0.481 e. The smallest absolute Gasteiger partial charge is 0.308 e. The average molecular weight is 209 g/mol. The molecule has 1 N–H and O–H groups in total. The summed E-state index contributed by atoms with van der Waals surface area (Å²) in [7, 11) is 0. The highest BCUT2D eigenvalue weighted by atomic mass is 35.5. The van der Waals surface area contributed by atoms with Gasteiger partial charge >= 0.3 is 5.97 Å². The van der Waals surface area contributed by atoms with E-state index in [4.69, 9.17) is 5.11 Å². The number of hydrogen-bond donors (Lipinski definition) is 1. The number of carboxylic acid groups (broad SMARTS) is 1. The molecule has 0 fully saturated rings. The number of benzene rings is 1. The van der Waals surface area contributed by atoms with Crippen molar-refractivity contribution in [3.05, 3.63) is 35.4 Å². The number of carbonyl (C=O) groups is 1.